The Balaban J connectivity index is 0. The van der Waals surface area contributed by atoms with E-state index in [1.807, 2.05) is 0 Å². The van der Waals surface area contributed by atoms with Crippen molar-refractivity contribution in [3.63, 3.8) is 0 Å². The Morgan fingerprint density at radius 1 is 1.27 bits per heavy atom. The van der Waals surface area contributed by atoms with Gasteiger partial charge in [0.05, 0.1) is 0 Å². The summed E-state index contributed by atoms with van der Waals surface area (Å²) in [5, 5.41) is 8.24. The van der Waals surface area contributed by atoms with E-state index in [2.05, 4.69) is 0 Å². The molecule has 0 radical (unpaired) electrons. The second-order valence-corrected chi connectivity index (χ2v) is 2.55. The number of hydrogen-bond acceptors (Lipinski definition) is 2. The average Bonchev–Trinajstić information content (AvgIpc) is 2.16. The van der Waals surface area contributed by atoms with Crippen LogP contribution in [0, 0.1) is 5.82 Å². The van der Waals surface area contributed by atoms with Gasteiger partial charge in [-0.05, 0) is 23.8 Å². The topological polar surface area (TPSA) is 54.4 Å². The monoisotopic (exact) mass is 234 g/mol. The number of carboxylic acid groups (broad SMARTS) is 1. The van der Waals surface area contributed by atoms with Crippen molar-refractivity contribution >= 4 is 17.8 Å². The van der Waals surface area contributed by atoms with E-state index >= 15 is 0 Å². The van der Waals surface area contributed by atoms with Crippen LogP contribution in [0.15, 0.2) is 30.3 Å². The quantitative estimate of drug-likeness (QED) is 0.398. The largest absolute Gasteiger partial charge is 1.00 e. The van der Waals surface area contributed by atoms with Crippen LogP contribution >= 0.6 is 0 Å². The molecule has 0 spiro atoms. The molecule has 0 atom stereocenters. The van der Waals surface area contributed by atoms with Gasteiger partial charge in [0.1, 0.15) is 5.82 Å². The second-order valence-electron chi connectivity index (χ2n) is 2.55. The Hall–Kier alpha value is -0.334. The van der Waals surface area contributed by atoms with Crippen molar-refractivity contribution in [1.29, 1.82) is 0 Å². The zero-order chi connectivity index (χ0) is 10.6. The number of hydrogen-bond donors (Lipinski definition) is 1. The first-order chi connectivity index (χ1) is 6.59. The zero-order valence-corrected chi connectivity index (χ0v) is 11.2. The standard InChI is InChI=1S/C10H7FO3.K.H/c11-8-4-1-7(2-5-8)3-6-9(12)10(13)14;;/h1-6H,(H,13,14);;/q;+1;-1. The Morgan fingerprint density at radius 2 is 1.80 bits per heavy atom. The normalized spacial score (nSPS) is 9.67. The van der Waals surface area contributed by atoms with E-state index in [0.717, 1.165) is 6.08 Å². The Bertz CT molecular complexity index is 390. The number of carbonyl (C=O) groups is 2. The molecule has 0 saturated heterocycles. The molecule has 0 aliphatic carbocycles. The van der Waals surface area contributed by atoms with Gasteiger partial charge in [-0.2, -0.15) is 0 Å². The maximum absolute atomic E-state index is 12.4. The Morgan fingerprint density at radius 3 is 2.27 bits per heavy atom. The van der Waals surface area contributed by atoms with Crippen molar-refractivity contribution in [2.75, 3.05) is 0 Å². The van der Waals surface area contributed by atoms with Gasteiger partial charge in [-0.15, -0.1) is 0 Å². The minimum Gasteiger partial charge on any atom is -1.00 e. The van der Waals surface area contributed by atoms with E-state index in [4.69, 9.17) is 5.11 Å². The summed E-state index contributed by atoms with van der Waals surface area (Å²) in [5.74, 6) is -2.90. The number of rotatable bonds is 3. The van der Waals surface area contributed by atoms with Crippen LogP contribution in [0.25, 0.3) is 6.08 Å². The van der Waals surface area contributed by atoms with E-state index in [1.165, 1.54) is 30.3 Å². The van der Waals surface area contributed by atoms with E-state index < -0.39 is 11.8 Å². The van der Waals surface area contributed by atoms with Crippen LogP contribution < -0.4 is 51.4 Å². The van der Waals surface area contributed by atoms with Gasteiger partial charge in [-0.25, -0.2) is 9.18 Å². The third kappa shape index (κ3) is 5.34. The van der Waals surface area contributed by atoms with Gasteiger partial charge in [0, 0.05) is 0 Å². The molecular weight excluding hydrogens is 226 g/mol. The molecule has 0 aliphatic heterocycles. The minimum atomic E-state index is -1.51. The predicted molar refractivity (Wildman–Crippen MR) is 49.2 cm³/mol. The smallest absolute Gasteiger partial charge is 1.00 e. The molecule has 1 rings (SSSR count). The summed E-state index contributed by atoms with van der Waals surface area (Å²) in [6, 6.07) is 5.35. The van der Waals surface area contributed by atoms with Crippen molar-refractivity contribution in [3.8, 4) is 0 Å². The molecule has 0 unspecified atom stereocenters. The molecule has 15 heavy (non-hydrogen) atoms. The Kier molecular flexibility index (Phi) is 6.87. The number of ketones is 1. The molecule has 1 aromatic rings. The molecule has 74 valence electrons. The molecule has 5 heteroatoms. The van der Waals surface area contributed by atoms with Gasteiger partial charge in [-0.3, -0.25) is 4.79 Å². The summed E-state index contributed by atoms with van der Waals surface area (Å²) >= 11 is 0. The molecule has 0 heterocycles. The fourth-order valence-electron chi connectivity index (χ4n) is 0.817. The summed E-state index contributed by atoms with van der Waals surface area (Å²) in [6.07, 6.45) is 2.24. The third-order valence-corrected chi connectivity index (χ3v) is 1.51. The number of halogens is 1. The van der Waals surface area contributed by atoms with E-state index in [0.29, 0.717) is 5.56 Å². The molecule has 1 N–H and O–H groups in total. The van der Waals surface area contributed by atoms with Crippen molar-refractivity contribution in [3.05, 3.63) is 41.7 Å². The molecule has 0 saturated carbocycles. The maximum atomic E-state index is 12.4. The van der Waals surface area contributed by atoms with Gasteiger partial charge >= 0.3 is 57.4 Å². The van der Waals surface area contributed by atoms with Crippen LogP contribution in [0.4, 0.5) is 4.39 Å². The molecule has 0 aliphatic rings. The average molecular weight is 234 g/mol. The van der Waals surface area contributed by atoms with Crippen molar-refractivity contribution < 1.29 is 71.9 Å². The van der Waals surface area contributed by atoms with Crippen LogP contribution in [-0.4, -0.2) is 16.9 Å². The van der Waals surface area contributed by atoms with E-state index in [1.54, 1.807) is 0 Å². The Labute approximate surface area is 130 Å². The van der Waals surface area contributed by atoms with Gasteiger partial charge in [0.2, 0.25) is 0 Å². The first-order valence-electron chi connectivity index (χ1n) is 3.80. The SMILES string of the molecule is O=C(O)C(=O)C=Cc1ccc(F)cc1.[H-].[K+]. The summed E-state index contributed by atoms with van der Waals surface area (Å²) in [5.41, 5.74) is 0.570. The molecule has 0 fully saturated rings. The minimum absolute atomic E-state index is 0. The van der Waals surface area contributed by atoms with Crippen molar-refractivity contribution in [2.45, 2.75) is 0 Å². The summed E-state index contributed by atoms with van der Waals surface area (Å²) in [4.78, 5) is 20.7. The van der Waals surface area contributed by atoms with Crippen LogP contribution in [0.3, 0.4) is 0 Å². The van der Waals surface area contributed by atoms with Crippen LogP contribution in [0.2, 0.25) is 0 Å². The van der Waals surface area contributed by atoms with Crippen LogP contribution in [0.5, 0.6) is 0 Å². The van der Waals surface area contributed by atoms with Gasteiger partial charge in [0.15, 0.2) is 0 Å². The number of carbonyl (C=O) groups excluding carboxylic acids is 1. The zero-order valence-electron chi connectivity index (χ0n) is 9.11. The number of aliphatic carboxylic acids is 1. The first kappa shape index (κ1) is 14.7. The molecular formula is C10H8FKO3. The third-order valence-electron chi connectivity index (χ3n) is 1.51. The predicted octanol–water partition coefficient (Wildman–Crippen LogP) is -1.39. The fraction of sp³-hybridized carbons (Fsp3) is 0. The molecule has 1 aromatic carbocycles. The molecule has 0 bridgehead atoms. The van der Waals surface area contributed by atoms with E-state index in [-0.39, 0.29) is 58.6 Å². The molecule has 0 amide bonds. The summed E-state index contributed by atoms with van der Waals surface area (Å²) < 4.78 is 12.4. The van der Waals surface area contributed by atoms with Gasteiger partial charge in [-0.1, -0.05) is 18.2 Å². The van der Waals surface area contributed by atoms with Crippen LogP contribution in [-0.2, 0) is 9.59 Å². The maximum Gasteiger partial charge on any atom is 1.00 e. The van der Waals surface area contributed by atoms with Crippen LogP contribution in [0.1, 0.15) is 6.99 Å². The van der Waals surface area contributed by atoms with Gasteiger partial charge in [0.25, 0.3) is 5.78 Å². The fourth-order valence-corrected chi connectivity index (χ4v) is 0.817. The van der Waals surface area contributed by atoms with E-state index in [9.17, 15) is 14.0 Å². The number of carboxylic acids is 1. The summed E-state index contributed by atoms with van der Waals surface area (Å²) in [7, 11) is 0. The second kappa shape index (κ2) is 7.03. The van der Waals surface area contributed by atoms with Crippen molar-refractivity contribution in [1.82, 2.24) is 0 Å². The first-order valence-corrected chi connectivity index (χ1v) is 3.80. The molecule has 3 nitrogen and oxygen atoms in total. The number of benzene rings is 1. The van der Waals surface area contributed by atoms with Gasteiger partial charge < -0.3 is 6.53 Å². The molecule has 0 aromatic heterocycles. The summed E-state index contributed by atoms with van der Waals surface area (Å²) in [6.45, 7) is 0. The van der Waals surface area contributed by atoms with Crippen molar-refractivity contribution in [2.24, 2.45) is 0 Å².